The molecule has 1 atom stereocenters. The lowest BCUT2D eigenvalue weighted by atomic mass is 10.1. The van der Waals surface area contributed by atoms with Gasteiger partial charge in [0.2, 0.25) is 0 Å². The van der Waals surface area contributed by atoms with Gasteiger partial charge in [-0.3, -0.25) is 0 Å². The van der Waals surface area contributed by atoms with Gasteiger partial charge in [-0.25, -0.2) is 4.39 Å². The van der Waals surface area contributed by atoms with Gasteiger partial charge in [0, 0.05) is 0 Å². The van der Waals surface area contributed by atoms with Gasteiger partial charge in [-0.05, 0) is 37.6 Å². The summed E-state index contributed by atoms with van der Waals surface area (Å²) in [5.41, 5.74) is 5.63. The van der Waals surface area contributed by atoms with Crippen LogP contribution in [0.1, 0.15) is 12.5 Å². The van der Waals surface area contributed by atoms with Crippen LogP contribution in [0.2, 0.25) is 0 Å². The quantitative estimate of drug-likeness (QED) is 0.790. The summed E-state index contributed by atoms with van der Waals surface area (Å²) in [5.74, 6) is 0.291. The Bertz CT molecular complexity index is 339. The molecule has 3 N–H and O–H groups in total. The van der Waals surface area contributed by atoms with Crippen molar-refractivity contribution in [3.05, 3.63) is 29.6 Å². The van der Waals surface area contributed by atoms with Crippen LogP contribution in [0, 0.1) is 12.7 Å². The molecule has 0 aliphatic carbocycles. The van der Waals surface area contributed by atoms with Crippen LogP contribution in [0.3, 0.4) is 0 Å². The van der Waals surface area contributed by atoms with E-state index in [0.29, 0.717) is 11.3 Å². The van der Waals surface area contributed by atoms with Crippen LogP contribution in [0.5, 0.6) is 5.75 Å². The van der Waals surface area contributed by atoms with E-state index < -0.39 is 5.54 Å². The molecule has 0 saturated heterocycles. The molecule has 0 radical (unpaired) electrons. The molecule has 0 spiro atoms. The molecule has 15 heavy (non-hydrogen) atoms. The maximum Gasteiger partial charge on any atom is 0.123 e. The molecule has 1 unspecified atom stereocenters. The molecule has 84 valence electrons. The summed E-state index contributed by atoms with van der Waals surface area (Å²) in [6, 6.07) is 4.27. The average Bonchev–Trinajstić information content (AvgIpc) is 2.16. The van der Waals surface area contributed by atoms with E-state index in [0.717, 1.165) is 0 Å². The lowest BCUT2D eigenvalue weighted by Gasteiger charge is -2.22. The van der Waals surface area contributed by atoms with Crippen molar-refractivity contribution in [3.63, 3.8) is 0 Å². The largest absolute Gasteiger partial charge is 0.491 e. The van der Waals surface area contributed by atoms with Gasteiger partial charge in [0.15, 0.2) is 0 Å². The van der Waals surface area contributed by atoms with Gasteiger partial charge >= 0.3 is 0 Å². The molecule has 0 heterocycles. The first-order valence-electron chi connectivity index (χ1n) is 4.73. The van der Waals surface area contributed by atoms with Gasteiger partial charge in [-0.1, -0.05) is 0 Å². The van der Waals surface area contributed by atoms with Crippen molar-refractivity contribution in [2.24, 2.45) is 5.73 Å². The number of rotatable bonds is 4. The fourth-order valence-electron chi connectivity index (χ4n) is 1.06. The zero-order chi connectivity index (χ0) is 11.5. The Balaban J connectivity index is 2.66. The number of halogens is 1. The molecule has 1 aromatic carbocycles. The predicted molar refractivity (Wildman–Crippen MR) is 56.3 cm³/mol. The van der Waals surface area contributed by atoms with Crippen molar-refractivity contribution in [2.75, 3.05) is 13.2 Å². The van der Waals surface area contributed by atoms with Gasteiger partial charge in [0.25, 0.3) is 0 Å². The van der Waals surface area contributed by atoms with Crippen LogP contribution in [-0.4, -0.2) is 23.9 Å². The van der Waals surface area contributed by atoms with E-state index in [1.807, 2.05) is 0 Å². The Hall–Kier alpha value is -1.13. The summed E-state index contributed by atoms with van der Waals surface area (Å²) in [4.78, 5) is 0. The van der Waals surface area contributed by atoms with Crippen molar-refractivity contribution in [1.82, 2.24) is 0 Å². The third kappa shape index (κ3) is 3.49. The number of ether oxygens (including phenoxy) is 1. The van der Waals surface area contributed by atoms with Gasteiger partial charge < -0.3 is 15.6 Å². The third-order valence-electron chi connectivity index (χ3n) is 2.06. The first-order valence-corrected chi connectivity index (χ1v) is 4.73. The number of aliphatic hydroxyl groups excluding tert-OH is 1. The number of nitrogens with two attached hydrogens (primary N) is 1. The summed E-state index contributed by atoms with van der Waals surface area (Å²) < 4.78 is 18.2. The maximum absolute atomic E-state index is 12.8. The van der Waals surface area contributed by atoms with Crippen molar-refractivity contribution in [1.29, 1.82) is 0 Å². The predicted octanol–water partition coefficient (Wildman–Crippen LogP) is 1.22. The maximum atomic E-state index is 12.8. The minimum Gasteiger partial charge on any atom is -0.491 e. The van der Waals surface area contributed by atoms with Crippen LogP contribution in [0.4, 0.5) is 4.39 Å². The molecule has 0 aliphatic rings. The minimum absolute atomic E-state index is 0.159. The molecule has 0 aromatic heterocycles. The van der Waals surface area contributed by atoms with Crippen LogP contribution < -0.4 is 10.5 Å². The average molecular weight is 213 g/mol. The molecule has 0 amide bonds. The van der Waals surface area contributed by atoms with Gasteiger partial charge in [-0.2, -0.15) is 0 Å². The topological polar surface area (TPSA) is 55.5 Å². The Morgan fingerprint density at radius 2 is 2.20 bits per heavy atom. The van der Waals surface area contributed by atoms with Crippen molar-refractivity contribution < 1.29 is 14.2 Å². The van der Waals surface area contributed by atoms with E-state index in [-0.39, 0.29) is 19.0 Å². The second-order valence-corrected chi connectivity index (χ2v) is 4.01. The number of aryl methyl sites for hydroxylation is 1. The molecule has 1 aromatic rings. The lowest BCUT2D eigenvalue weighted by molar-refractivity contribution is 0.145. The summed E-state index contributed by atoms with van der Waals surface area (Å²) in [5, 5.41) is 8.92. The van der Waals surface area contributed by atoms with Gasteiger partial charge in [-0.15, -0.1) is 0 Å². The molecule has 0 saturated carbocycles. The highest BCUT2D eigenvalue weighted by Gasteiger charge is 2.18. The van der Waals surface area contributed by atoms with Crippen LogP contribution in [0.15, 0.2) is 18.2 Å². The summed E-state index contributed by atoms with van der Waals surface area (Å²) >= 11 is 0. The number of hydrogen-bond donors (Lipinski definition) is 2. The Morgan fingerprint density at radius 1 is 1.53 bits per heavy atom. The molecule has 0 bridgehead atoms. The van der Waals surface area contributed by atoms with Crippen molar-refractivity contribution >= 4 is 0 Å². The minimum atomic E-state index is -0.777. The Kier molecular flexibility index (Phi) is 3.66. The zero-order valence-corrected chi connectivity index (χ0v) is 8.96. The van der Waals surface area contributed by atoms with E-state index >= 15 is 0 Å². The molecular formula is C11H16FNO2. The highest BCUT2D eigenvalue weighted by molar-refractivity contribution is 5.32. The normalized spacial score (nSPS) is 14.7. The molecule has 3 nitrogen and oxygen atoms in total. The van der Waals surface area contributed by atoms with E-state index in [1.54, 1.807) is 19.9 Å². The monoisotopic (exact) mass is 213 g/mol. The van der Waals surface area contributed by atoms with Crippen molar-refractivity contribution in [2.45, 2.75) is 19.4 Å². The second kappa shape index (κ2) is 4.59. The Morgan fingerprint density at radius 3 is 2.73 bits per heavy atom. The highest BCUT2D eigenvalue weighted by atomic mass is 19.1. The molecule has 0 fully saturated rings. The molecule has 1 rings (SSSR count). The smallest absolute Gasteiger partial charge is 0.123 e. The van der Waals surface area contributed by atoms with E-state index in [1.165, 1.54) is 12.1 Å². The van der Waals surface area contributed by atoms with Crippen LogP contribution in [-0.2, 0) is 0 Å². The van der Waals surface area contributed by atoms with E-state index in [4.69, 9.17) is 15.6 Å². The SMILES string of the molecule is Cc1cc(F)ccc1OCC(C)(N)CO. The fourth-order valence-corrected chi connectivity index (χ4v) is 1.06. The summed E-state index contributed by atoms with van der Waals surface area (Å²) in [7, 11) is 0. The van der Waals surface area contributed by atoms with Crippen molar-refractivity contribution in [3.8, 4) is 5.75 Å². The number of hydrogen-bond acceptors (Lipinski definition) is 3. The highest BCUT2D eigenvalue weighted by Crippen LogP contribution is 2.19. The van der Waals surface area contributed by atoms with E-state index in [9.17, 15) is 4.39 Å². The van der Waals surface area contributed by atoms with Crippen LogP contribution in [0.25, 0.3) is 0 Å². The summed E-state index contributed by atoms with van der Waals surface area (Å²) in [6.07, 6.45) is 0. The van der Waals surface area contributed by atoms with Gasteiger partial charge in [0.1, 0.15) is 18.2 Å². The third-order valence-corrected chi connectivity index (χ3v) is 2.06. The fraction of sp³-hybridized carbons (Fsp3) is 0.455. The van der Waals surface area contributed by atoms with Gasteiger partial charge in [0.05, 0.1) is 12.1 Å². The molecule has 0 aliphatic heterocycles. The summed E-state index contributed by atoms with van der Waals surface area (Å²) in [6.45, 7) is 3.47. The number of benzene rings is 1. The first-order chi connectivity index (χ1) is 6.94. The zero-order valence-electron chi connectivity index (χ0n) is 8.96. The Labute approximate surface area is 88.7 Å². The first kappa shape index (κ1) is 11.9. The van der Waals surface area contributed by atoms with Crippen LogP contribution >= 0.6 is 0 Å². The standard InChI is InChI=1S/C11H16FNO2/c1-8-5-9(12)3-4-10(8)15-7-11(2,13)6-14/h3-5,14H,6-7,13H2,1-2H3. The second-order valence-electron chi connectivity index (χ2n) is 4.01. The van der Waals surface area contributed by atoms with E-state index in [2.05, 4.69) is 0 Å². The lowest BCUT2D eigenvalue weighted by Crippen LogP contribution is -2.46. The molecule has 4 heteroatoms. The molecular weight excluding hydrogens is 197 g/mol. The number of aliphatic hydroxyl groups is 1.